The Bertz CT molecular complexity index is 1280. The highest BCUT2D eigenvalue weighted by Crippen LogP contribution is 2.32. The molecule has 0 saturated heterocycles. The van der Waals surface area contributed by atoms with Crippen LogP contribution in [0.25, 0.3) is 33.2 Å². The van der Waals surface area contributed by atoms with E-state index in [0.717, 1.165) is 0 Å². The highest BCUT2D eigenvalue weighted by molar-refractivity contribution is 5.97. The fraction of sp³-hybridized carbons (Fsp3) is 0.0909. The molecular weight excluding hydrogens is 363 g/mol. The average molecular weight is 378 g/mol. The number of hydrogen-bond acceptors (Lipinski definition) is 5. The first kappa shape index (κ1) is 17.7. The van der Waals surface area contributed by atoms with Gasteiger partial charge in [-0.15, -0.1) is 0 Å². The minimum atomic E-state index is -0.791. The van der Waals surface area contributed by atoms with E-state index in [1.807, 2.05) is 0 Å². The normalized spacial score (nSPS) is 11.0. The van der Waals surface area contributed by atoms with Crippen molar-refractivity contribution in [2.75, 3.05) is 7.11 Å². The van der Waals surface area contributed by atoms with Gasteiger partial charge in [-0.1, -0.05) is 12.1 Å². The summed E-state index contributed by atoms with van der Waals surface area (Å²) in [5.74, 6) is 0.904. The number of rotatable bonds is 3. The summed E-state index contributed by atoms with van der Waals surface area (Å²) in [4.78, 5) is 24.8. The molecule has 2 aromatic carbocycles. The first-order valence-corrected chi connectivity index (χ1v) is 8.50. The predicted molar refractivity (Wildman–Crippen MR) is 103 cm³/mol. The van der Waals surface area contributed by atoms with Crippen LogP contribution >= 0.6 is 0 Å². The summed E-state index contributed by atoms with van der Waals surface area (Å²) >= 11 is 0. The standard InChI is InChI=1S/C22H15FO5/c1-12-19(14-3-7-15(23)8-4-14)17-11-18(13-5-9-16(26-2)10-6-13)28-22(25)20(17)21(24)27-12/h3-11H,1-2H3. The first-order valence-electron chi connectivity index (χ1n) is 8.50. The van der Waals surface area contributed by atoms with Crippen molar-refractivity contribution in [3.63, 3.8) is 0 Å². The largest absolute Gasteiger partial charge is 0.497 e. The zero-order valence-electron chi connectivity index (χ0n) is 15.1. The number of fused-ring (bicyclic) bond motifs is 1. The minimum Gasteiger partial charge on any atom is -0.497 e. The Hall–Kier alpha value is -3.67. The molecule has 4 rings (SSSR count). The van der Waals surface area contributed by atoms with Crippen LogP contribution in [-0.4, -0.2) is 7.11 Å². The number of methoxy groups -OCH3 is 1. The maximum absolute atomic E-state index is 13.3. The zero-order valence-corrected chi connectivity index (χ0v) is 15.1. The zero-order chi connectivity index (χ0) is 19.8. The van der Waals surface area contributed by atoms with Crippen LogP contribution in [0.15, 0.2) is 73.0 Å². The van der Waals surface area contributed by atoms with Gasteiger partial charge in [-0.3, -0.25) is 0 Å². The van der Waals surface area contributed by atoms with Crippen molar-refractivity contribution in [3.8, 4) is 28.2 Å². The van der Waals surface area contributed by atoms with Gasteiger partial charge < -0.3 is 13.6 Å². The molecule has 0 amide bonds. The molecule has 0 atom stereocenters. The van der Waals surface area contributed by atoms with Gasteiger partial charge >= 0.3 is 11.3 Å². The van der Waals surface area contributed by atoms with Gasteiger partial charge in [0, 0.05) is 16.5 Å². The molecule has 28 heavy (non-hydrogen) atoms. The van der Waals surface area contributed by atoms with Gasteiger partial charge in [-0.25, -0.2) is 14.0 Å². The third kappa shape index (κ3) is 2.99. The van der Waals surface area contributed by atoms with Gasteiger partial charge in [0.2, 0.25) is 0 Å². The lowest BCUT2D eigenvalue weighted by Gasteiger charge is -2.10. The van der Waals surface area contributed by atoms with E-state index in [2.05, 4.69) is 0 Å². The summed E-state index contributed by atoms with van der Waals surface area (Å²) < 4.78 is 29.1. The van der Waals surface area contributed by atoms with Crippen LogP contribution in [0, 0.1) is 12.7 Å². The Kier molecular flexibility index (Phi) is 4.31. The molecule has 0 unspecified atom stereocenters. The maximum Gasteiger partial charge on any atom is 0.351 e. The topological polar surface area (TPSA) is 69.7 Å². The summed E-state index contributed by atoms with van der Waals surface area (Å²) in [5.41, 5.74) is 0.251. The van der Waals surface area contributed by atoms with Crippen LogP contribution in [0.4, 0.5) is 4.39 Å². The smallest absolute Gasteiger partial charge is 0.351 e. The molecule has 0 N–H and O–H groups in total. The van der Waals surface area contributed by atoms with Crippen LogP contribution in [0.1, 0.15) is 5.76 Å². The molecular formula is C22H15FO5. The fourth-order valence-corrected chi connectivity index (χ4v) is 3.19. The monoisotopic (exact) mass is 378 g/mol. The van der Waals surface area contributed by atoms with Crippen molar-refractivity contribution in [1.82, 2.24) is 0 Å². The van der Waals surface area contributed by atoms with E-state index >= 15 is 0 Å². The van der Waals surface area contributed by atoms with E-state index in [1.54, 1.807) is 56.5 Å². The van der Waals surface area contributed by atoms with Gasteiger partial charge in [-0.05, 0) is 55.0 Å². The number of aryl methyl sites for hydroxylation is 1. The van der Waals surface area contributed by atoms with Gasteiger partial charge in [-0.2, -0.15) is 0 Å². The second kappa shape index (κ2) is 6.81. The van der Waals surface area contributed by atoms with E-state index in [9.17, 15) is 14.0 Å². The maximum atomic E-state index is 13.3. The molecule has 2 heterocycles. The summed E-state index contributed by atoms with van der Waals surface area (Å²) in [6.07, 6.45) is 0. The summed E-state index contributed by atoms with van der Waals surface area (Å²) in [5, 5.41) is 0.213. The number of hydrogen-bond donors (Lipinski definition) is 0. The number of ether oxygens (including phenoxy) is 1. The minimum absolute atomic E-state index is 0.179. The highest BCUT2D eigenvalue weighted by Gasteiger charge is 2.18. The van der Waals surface area contributed by atoms with Crippen LogP contribution < -0.4 is 16.0 Å². The Balaban J connectivity index is 2.04. The molecule has 0 aliphatic heterocycles. The van der Waals surface area contributed by atoms with Crippen molar-refractivity contribution in [2.45, 2.75) is 6.92 Å². The van der Waals surface area contributed by atoms with Crippen LogP contribution in [0.2, 0.25) is 0 Å². The third-order valence-corrected chi connectivity index (χ3v) is 4.53. The average Bonchev–Trinajstić information content (AvgIpc) is 2.68. The van der Waals surface area contributed by atoms with Gasteiger partial charge in [0.05, 0.1) is 7.11 Å². The molecule has 2 aromatic heterocycles. The summed E-state index contributed by atoms with van der Waals surface area (Å²) in [6, 6.07) is 14.4. The van der Waals surface area contributed by atoms with Crippen LogP contribution in [0.5, 0.6) is 5.75 Å². The molecule has 6 heteroatoms. The van der Waals surface area contributed by atoms with Gasteiger partial charge in [0.1, 0.15) is 23.1 Å². The molecule has 0 aliphatic carbocycles. The van der Waals surface area contributed by atoms with Gasteiger partial charge in [0.15, 0.2) is 5.39 Å². The predicted octanol–water partition coefficient (Wildman–Crippen LogP) is 4.54. The molecule has 0 aliphatic rings. The van der Waals surface area contributed by atoms with Crippen molar-refractivity contribution in [1.29, 1.82) is 0 Å². The summed E-state index contributed by atoms with van der Waals surface area (Å²) in [7, 11) is 1.56. The first-order chi connectivity index (χ1) is 13.5. The highest BCUT2D eigenvalue weighted by atomic mass is 19.1. The number of benzene rings is 2. The SMILES string of the molecule is COc1ccc(-c2cc3c(-c4ccc(F)cc4)c(C)oc(=O)c3c(=O)o2)cc1. The lowest BCUT2D eigenvalue weighted by atomic mass is 9.98. The van der Waals surface area contributed by atoms with Gasteiger partial charge in [0.25, 0.3) is 0 Å². The van der Waals surface area contributed by atoms with Crippen molar-refractivity contribution in [3.05, 3.63) is 87.0 Å². The molecule has 0 bridgehead atoms. The van der Waals surface area contributed by atoms with Crippen molar-refractivity contribution in [2.24, 2.45) is 0 Å². The molecule has 0 fully saturated rings. The van der Waals surface area contributed by atoms with Crippen LogP contribution in [0.3, 0.4) is 0 Å². The van der Waals surface area contributed by atoms with Crippen molar-refractivity contribution >= 4 is 10.8 Å². The summed E-state index contributed by atoms with van der Waals surface area (Å²) in [6.45, 7) is 1.63. The lowest BCUT2D eigenvalue weighted by molar-refractivity contribution is 0.415. The second-order valence-corrected chi connectivity index (χ2v) is 6.24. The van der Waals surface area contributed by atoms with E-state index < -0.39 is 11.3 Å². The quantitative estimate of drug-likeness (QED) is 0.524. The molecule has 0 saturated carbocycles. The lowest BCUT2D eigenvalue weighted by Crippen LogP contribution is -2.13. The molecule has 5 nitrogen and oxygen atoms in total. The Morgan fingerprint density at radius 1 is 0.857 bits per heavy atom. The molecule has 140 valence electrons. The van der Waals surface area contributed by atoms with E-state index in [1.165, 1.54) is 12.1 Å². The van der Waals surface area contributed by atoms with E-state index in [-0.39, 0.29) is 11.2 Å². The molecule has 4 aromatic rings. The Labute approximate surface area is 158 Å². The third-order valence-electron chi connectivity index (χ3n) is 4.53. The molecule has 0 radical (unpaired) electrons. The van der Waals surface area contributed by atoms with E-state index in [0.29, 0.717) is 39.3 Å². The Morgan fingerprint density at radius 2 is 1.46 bits per heavy atom. The van der Waals surface area contributed by atoms with E-state index in [4.69, 9.17) is 13.6 Å². The Morgan fingerprint density at radius 3 is 2.11 bits per heavy atom. The fourth-order valence-electron chi connectivity index (χ4n) is 3.19. The number of halogens is 1. The van der Waals surface area contributed by atoms with Crippen molar-refractivity contribution < 1.29 is 18.0 Å². The van der Waals surface area contributed by atoms with Crippen LogP contribution in [-0.2, 0) is 0 Å². The molecule has 0 spiro atoms. The second-order valence-electron chi connectivity index (χ2n) is 6.24.